The Morgan fingerprint density at radius 2 is 2.00 bits per heavy atom. The van der Waals surface area contributed by atoms with Crippen LogP contribution in [0.5, 0.6) is 17.2 Å². The van der Waals surface area contributed by atoms with Gasteiger partial charge in [-0.2, -0.15) is 0 Å². The van der Waals surface area contributed by atoms with Crippen molar-refractivity contribution in [3.63, 3.8) is 0 Å². The predicted molar refractivity (Wildman–Crippen MR) is 81.1 cm³/mol. The van der Waals surface area contributed by atoms with Crippen LogP contribution in [0.4, 0.5) is 0 Å². The number of hydrogen-bond donors (Lipinski definition) is 3. The lowest BCUT2D eigenvalue weighted by Gasteiger charge is -2.28. The number of aromatic hydroxyl groups is 2. The molecule has 21 heavy (non-hydrogen) atoms. The number of phenolic OH excluding ortho intramolecular Hbond substituents is 2. The Morgan fingerprint density at radius 3 is 2.71 bits per heavy atom. The Balaban J connectivity index is 2.08. The van der Waals surface area contributed by atoms with E-state index in [0.29, 0.717) is 18.0 Å². The van der Waals surface area contributed by atoms with Gasteiger partial charge in [0.1, 0.15) is 5.75 Å². The Labute approximate surface area is 124 Å². The van der Waals surface area contributed by atoms with Gasteiger partial charge in [-0.3, -0.25) is 0 Å². The molecule has 3 N–H and O–H groups in total. The average Bonchev–Trinajstić information content (AvgIpc) is 2.50. The molecular formula is C17H19NO3. The fraction of sp³-hybridized carbons (Fsp3) is 0.294. The quantitative estimate of drug-likeness (QED) is 0.794. The van der Waals surface area contributed by atoms with Crippen LogP contribution < -0.4 is 10.1 Å². The minimum absolute atomic E-state index is 0.157. The fourth-order valence-electron chi connectivity index (χ4n) is 2.95. The molecule has 0 spiro atoms. The number of ether oxygens (including phenoxy) is 1. The first-order valence-electron chi connectivity index (χ1n) is 7.00. The number of fused-ring (bicyclic) bond motifs is 1. The van der Waals surface area contributed by atoms with Gasteiger partial charge in [0.2, 0.25) is 0 Å². The molecule has 2 aromatic carbocycles. The first-order chi connectivity index (χ1) is 10.1. The summed E-state index contributed by atoms with van der Waals surface area (Å²) >= 11 is 0. The van der Waals surface area contributed by atoms with E-state index in [9.17, 15) is 10.2 Å². The molecule has 3 rings (SSSR count). The second-order valence-electron chi connectivity index (χ2n) is 5.41. The zero-order valence-electron chi connectivity index (χ0n) is 12.2. The monoisotopic (exact) mass is 285 g/mol. The van der Waals surface area contributed by atoms with E-state index in [4.69, 9.17) is 4.74 Å². The van der Waals surface area contributed by atoms with Crippen LogP contribution in [-0.4, -0.2) is 23.9 Å². The first-order valence-corrected chi connectivity index (χ1v) is 7.00. The molecule has 1 unspecified atom stereocenters. The maximum Gasteiger partial charge on any atom is 0.162 e. The van der Waals surface area contributed by atoms with E-state index in [1.54, 1.807) is 19.2 Å². The van der Waals surface area contributed by atoms with E-state index in [1.165, 1.54) is 0 Å². The largest absolute Gasteiger partial charge is 0.508 e. The molecule has 0 aliphatic carbocycles. The van der Waals surface area contributed by atoms with Crippen LogP contribution in [0.15, 0.2) is 30.3 Å². The lowest BCUT2D eigenvalue weighted by Crippen LogP contribution is -2.29. The van der Waals surface area contributed by atoms with Crippen LogP contribution in [0.2, 0.25) is 0 Å². The second-order valence-corrected chi connectivity index (χ2v) is 5.41. The number of benzene rings is 2. The Kier molecular flexibility index (Phi) is 3.47. The third kappa shape index (κ3) is 2.32. The third-order valence-corrected chi connectivity index (χ3v) is 4.15. The molecule has 1 aliphatic heterocycles. The normalized spacial score (nSPS) is 17.3. The van der Waals surface area contributed by atoms with Gasteiger partial charge < -0.3 is 20.3 Å². The maximum atomic E-state index is 10.3. The minimum atomic E-state index is 0.157. The zero-order valence-corrected chi connectivity index (χ0v) is 12.2. The highest BCUT2D eigenvalue weighted by atomic mass is 16.5. The number of nitrogens with one attached hydrogen (secondary N) is 1. The van der Waals surface area contributed by atoms with E-state index < -0.39 is 0 Å². The van der Waals surface area contributed by atoms with Crippen LogP contribution in [0, 0.1) is 6.92 Å². The highest BCUT2D eigenvalue weighted by molar-refractivity contribution is 5.54. The van der Waals surface area contributed by atoms with Gasteiger partial charge in [-0.15, -0.1) is 0 Å². The molecule has 0 saturated carbocycles. The molecule has 4 heteroatoms. The molecule has 1 atom stereocenters. The van der Waals surface area contributed by atoms with Gasteiger partial charge in [0, 0.05) is 24.6 Å². The van der Waals surface area contributed by atoms with Crippen LogP contribution in [0.1, 0.15) is 28.2 Å². The minimum Gasteiger partial charge on any atom is -0.508 e. The van der Waals surface area contributed by atoms with Crippen molar-refractivity contribution in [2.24, 2.45) is 0 Å². The summed E-state index contributed by atoms with van der Waals surface area (Å²) in [5, 5.41) is 23.3. The molecule has 0 bridgehead atoms. The second kappa shape index (κ2) is 5.30. The highest BCUT2D eigenvalue weighted by Gasteiger charge is 2.25. The summed E-state index contributed by atoms with van der Waals surface area (Å²) in [4.78, 5) is 0. The van der Waals surface area contributed by atoms with Gasteiger partial charge in [0.05, 0.1) is 7.11 Å². The summed E-state index contributed by atoms with van der Waals surface area (Å²) in [5.74, 6) is 1.17. The molecule has 4 nitrogen and oxygen atoms in total. The Morgan fingerprint density at radius 1 is 1.19 bits per heavy atom. The molecule has 0 radical (unpaired) electrons. The fourth-order valence-corrected chi connectivity index (χ4v) is 2.95. The van der Waals surface area contributed by atoms with Gasteiger partial charge in [-0.05, 0) is 35.7 Å². The van der Waals surface area contributed by atoms with Crippen molar-refractivity contribution in [3.8, 4) is 17.2 Å². The first kappa shape index (κ1) is 13.8. The molecular weight excluding hydrogens is 266 g/mol. The summed E-state index contributed by atoms with van der Waals surface area (Å²) in [6.45, 7) is 3.33. The lowest BCUT2D eigenvalue weighted by atomic mass is 9.84. The average molecular weight is 285 g/mol. The Hall–Kier alpha value is -2.20. The van der Waals surface area contributed by atoms with Gasteiger partial charge in [-0.25, -0.2) is 0 Å². The van der Waals surface area contributed by atoms with E-state index in [1.807, 2.05) is 25.1 Å². The van der Waals surface area contributed by atoms with Gasteiger partial charge in [0.25, 0.3) is 0 Å². The smallest absolute Gasteiger partial charge is 0.162 e. The summed E-state index contributed by atoms with van der Waals surface area (Å²) < 4.78 is 5.18. The van der Waals surface area contributed by atoms with Crippen LogP contribution in [-0.2, 0) is 6.54 Å². The third-order valence-electron chi connectivity index (χ3n) is 4.15. The molecule has 1 aliphatic rings. The molecule has 1 heterocycles. The molecule has 0 saturated heterocycles. The standard InChI is InChI=1S/C17H19NO3/c1-10-7-11(3-5-15(10)19)13-8-18-9-14-12(13)4-6-16(21-2)17(14)20/h3-7,13,18-20H,8-9H2,1-2H3. The van der Waals surface area contributed by atoms with Crippen molar-refractivity contribution in [1.82, 2.24) is 5.32 Å². The summed E-state index contributed by atoms with van der Waals surface area (Å²) in [7, 11) is 1.55. The van der Waals surface area contributed by atoms with E-state index in [2.05, 4.69) is 5.32 Å². The molecule has 0 fully saturated rings. The zero-order chi connectivity index (χ0) is 15.0. The molecule has 2 aromatic rings. The van der Waals surface area contributed by atoms with Crippen LogP contribution in [0.25, 0.3) is 0 Å². The Bertz CT molecular complexity index is 682. The predicted octanol–water partition coefficient (Wildman–Crippen LogP) is 2.65. The molecule has 0 aromatic heterocycles. The van der Waals surface area contributed by atoms with Gasteiger partial charge >= 0.3 is 0 Å². The van der Waals surface area contributed by atoms with E-state index >= 15 is 0 Å². The van der Waals surface area contributed by atoms with Crippen molar-refractivity contribution in [1.29, 1.82) is 0 Å². The van der Waals surface area contributed by atoms with E-state index in [-0.39, 0.29) is 11.7 Å². The van der Waals surface area contributed by atoms with Gasteiger partial charge in [-0.1, -0.05) is 18.2 Å². The summed E-state index contributed by atoms with van der Waals surface area (Å²) in [6.07, 6.45) is 0. The topological polar surface area (TPSA) is 61.7 Å². The number of methoxy groups -OCH3 is 1. The van der Waals surface area contributed by atoms with Crippen molar-refractivity contribution < 1.29 is 14.9 Å². The number of hydrogen-bond acceptors (Lipinski definition) is 4. The van der Waals surface area contributed by atoms with Crippen LogP contribution >= 0.6 is 0 Å². The van der Waals surface area contributed by atoms with Crippen molar-refractivity contribution in [2.75, 3.05) is 13.7 Å². The van der Waals surface area contributed by atoms with Crippen molar-refractivity contribution >= 4 is 0 Å². The maximum absolute atomic E-state index is 10.3. The lowest BCUT2D eigenvalue weighted by molar-refractivity contribution is 0.367. The molecule has 0 amide bonds. The van der Waals surface area contributed by atoms with Crippen molar-refractivity contribution in [3.05, 3.63) is 52.6 Å². The van der Waals surface area contributed by atoms with Crippen LogP contribution in [0.3, 0.4) is 0 Å². The molecule has 110 valence electrons. The van der Waals surface area contributed by atoms with Crippen molar-refractivity contribution in [2.45, 2.75) is 19.4 Å². The number of rotatable bonds is 2. The number of aryl methyl sites for hydroxylation is 1. The highest BCUT2D eigenvalue weighted by Crippen LogP contribution is 2.40. The number of phenols is 2. The SMILES string of the molecule is COc1ccc2c(c1O)CNCC2c1ccc(O)c(C)c1. The summed E-state index contributed by atoms with van der Waals surface area (Å²) in [6, 6.07) is 9.48. The summed E-state index contributed by atoms with van der Waals surface area (Å²) in [5.41, 5.74) is 3.98. The van der Waals surface area contributed by atoms with Gasteiger partial charge in [0.15, 0.2) is 11.5 Å². The van der Waals surface area contributed by atoms with E-state index in [0.717, 1.165) is 28.8 Å².